The van der Waals surface area contributed by atoms with Gasteiger partial charge in [0.15, 0.2) is 11.5 Å². The smallest absolute Gasteiger partial charge is 0.493 e. The summed E-state index contributed by atoms with van der Waals surface area (Å²) < 4.78 is 14.6. The molecule has 0 radical (unpaired) electrons. The van der Waals surface area contributed by atoms with Crippen LogP contribution in [0.4, 0.5) is 4.79 Å². The molecule has 0 spiro atoms. The first-order valence-corrected chi connectivity index (χ1v) is 5.56. The zero-order valence-corrected chi connectivity index (χ0v) is 10.6. The Morgan fingerprint density at radius 1 is 1.29 bits per heavy atom. The van der Waals surface area contributed by atoms with Crippen molar-refractivity contribution < 1.29 is 19.0 Å². The number of carbonyl (C=O) groups excluding carboxylic acids is 1. The zero-order valence-electron chi connectivity index (χ0n) is 10.6. The van der Waals surface area contributed by atoms with Gasteiger partial charge in [-0.15, -0.1) is 0 Å². The number of hydrogen-bond acceptors (Lipinski definition) is 4. The third kappa shape index (κ3) is 3.37. The van der Waals surface area contributed by atoms with E-state index in [0.717, 1.165) is 12.0 Å². The van der Waals surface area contributed by atoms with Crippen molar-refractivity contribution in [2.75, 3.05) is 14.2 Å². The molecule has 1 aromatic rings. The van der Waals surface area contributed by atoms with Crippen molar-refractivity contribution in [2.24, 2.45) is 0 Å². The van der Waals surface area contributed by atoms with Crippen molar-refractivity contribution in [1.82, 2.24) is 0 Å². The minimum Gasteiger partial charge on any atom is -0.493 e. The van der Waals surface area contributed by atoms with Gasteiger partial charge in [-0.1, -0.05) is 19.9 Å². The van der Waals surface area contributed by atoms with Crippen LogP contribution >= 0.6 is 0 Å². The van der Waals surface area contributed by atoms with Gasteiger partial charge in [-0.2, -0.15) is 0 Å². The SMILES string of the molecule is CCC(C)c1ccc(OC(=O)OC)c(OC)c1. The molecule has 0 N–H and O–H groups in total. The van der Waals surface area contributed by atoms with E-state index in [-0.39, 0.29) is 0 Å². The van der Waals surface area contributed by atoms with Crippen LogP contribution in [0.1, 0.15) is 31.7 Å². The Morgan fingerprint density at radius 3 is 2.53 bits per heavy atom. The molecular formula is C13H18O4. The van der Waals surface area contributed by atoms with Crippen molar-refractivity contribution in [3.8, 4) is 11.5 Å². The van der Waals surface area contributed by atoms with Crippen molar-refractivity contribution in [1.29, 1.82) is 0 Å². The van der Waals surface area contributed by atoms with Crippen molar-refractivity contribution in [3.05, 3.63) is 23.8 Å². The number of carbonyl (C=O) groups is 1. The second-order valence-corrected chi connectivity index (χ2v) is 3.78. The summed E-state index contributed by atoms with van der Waals surface area (Å²) in [5.41, 5.74) is 1.15. The number of ether oxygens (including phenoxy) is 3. The van der Waals surface area contributed by atoms with Gasteiger partial charge in [0.05, 0.1) is 14.2 Å². The predicted octanol–water partition coefficient (Wildman–Crippen LogP) is 3.35. The van der Waals surface area contributed by atoms with E-state index < -0.39 is 6.16 Å². The van der Waals surface area contributed by atoms with E-state index in [4.69, 9.17) is 9.47 Å². The van der Waals surface area contributed by atoms with Gasteiger partial charge in [0.1, 0.15) is 0 Å². The molecule has 0 bridgehead atoms. The first kappa shape index (κ1) is 13.4. The van der Waals surface area contributed by atoms with Crippen LogP contribution in [0.5, 0.6) is 11.5 Å². The fraction of sp³-hybridized carbons (Fsp3) is 0.462. The van der Waals surface area contributed by atoms with E-state index in [1.807, 2.05) is 12.1 Å². The van der Waals surface area contributed by atoms with Crippen molar-refractivity contribution in [3.63, 3.8) is 0 Å². The lowest BCUT2D eigenvalue weighted by Gasteiger charge is -2.13. The Balaban J connectivity index is 2.97. The summed E-state index contributed by atoms with van der Waals surface area (Å²) in [6.45, 7) is 4.26. The maximum Gasteiger partial charge on any atom is 0.513 e. The third-order valence-corrected chi connectivity index (χ3v) is 2.73. The molecule has 1 unspecified atom stereocenters. The molecule has 0 fully saturated rings. The summed E-state index contributed by atoms with van der Waals surface area (Å²) in [5.74, 6) is 1.34. The molecule has 0 heterocycles. The Bertz CT molecular complexity index is 387. The van der Waals surface area contributed by atoms with E-state index in [1.54, 1.807) is 13.2 Å². The molecule has 1 aromatic carbocycles. The van der Waals surface area contributed by atoms with Gasteiger partial charge in [0, 0.05) is 0 Å². The molecule has 0 saturated carbocycles. The second kappa shape index (κ2) is 6.13. The highest BCUT2D eigenvalue weighted by atomic mass is 16.7. The molecule has 0 saturated heterocycles. The lowest BCUT2D eigenvalue weighted by atomic mass is 9.98. The molecule has 0 aliphatic heterocycles. The Hall–Kier alpha value is -1.71. The Morgan fingerprint density at radius 2 is 2.00 bits per heavy atom. The normalized spacial score (nSPS) is 11.8. The molecule has 0 aliphatic carbocycles. The number of hydrogen-bond donors (Lipinski definition) is 0. The molecular weight excluding hydrogens is 220 g/mol. The van der Waals surface area contributed by atoms with Crippen LogP contribution in [0.25, 0.3) is 0 Å². The summed E-state index contributed by atoms with van der Waals surface area (Å²) >= 11 is 0. The van der Waals surface area contributed by atoms with Gasteiger partial charge in [-0.25, -0.2) is 4.79 Å². The highest BCUT2D eigenvalue weighted by Crippen LogP contribution is 2.31. The molecule has 1 atom stereocenters. The number of rotatable bonds is 4. The lowest BCUT2D eigenvalue weighted by molar-refractivity contribution is 0.120. The average Bonchev–Trinajstić information content (AvgIpc) is 2.37. The van der Waals surface area contributed by atoms with Gasteiger partial charge in [0.2, 0.25) is 0 Å². The van der Waals surface area contributed by atoms with Crippen LogP contribution in [0.3, 0.4) is 0 Å². The van der Waals surface area contributed by atoms with Crippen LogP contribution in [0.15, 0.2) is 18.2 Å². The van der Waals surface area contributed by atoms with Gasteiger partial charge >= 0.3 is 6.16 Å². The third-order valence-electron chi connectivity index (χ3n) is 2.73. The molecule has 17 heavy (non-hydrogen) atoms. The van der Waals surface area contributed by atoms with Gasteiger partial charge in [0.25, 0.3) is 0 Å². The van der Waals surface area contributed by atoms with E-state index in [2.05, 4.69) is 18.6 Å². The first-order chi connectivity index (χ1) is 8.12. The van der Waals surface area contributed by atoms with Gasteiger partial charge in [-0.3, -0.25) is 0 Å². The van der Waals surface area contributed by atoms with Crippen molar-refractivity contribution >= 4 is 6.16 Å². The predicted molar refractivity (Wildman–Crippen MR) is 64.7 cm³/mol. The van der Waals surface area contributed by atoms with Crippen LogP contribution < -0.4 is 9.47 Å². The summed E-state index contributed by atoms with van der Waals surface area (Å²) in [7, 11) is 2.81. The highest BCUT2D eigenvalue weighted by Gasteiger charge is 2.12. The molecule has 1 rings (SSSR count). The zero-order chi connectivity index (χ0) is 12.8. The van der Waals surface area contributed by atoms with Gasteiger partial charge in [-0.05, 0) is 30.0 Å². The van der Waals surface area contributed by atoms with E-state index >= 15 is 0 Å². The minimum atomic E-state index is -0.750. The summed E-state index contributed by atoms with van der Waals surface area (Å²) in [6, 6.07) is 5.53. The molecule has 4 heteroatoms. The first-order valence-electron chi connectivity index (χ1n) is 5.56. The molecule has 0 aliphatic rings. The quantitative estimate of drug-likeness (QED) is 0.596. The number of benzene rings is 1. The average molecular weight is 238 g/mol. The van der Waals surface area contributed by atoms with Gasteiger partial charge < -0.3 is 14.2 Å². The topological polar surface area (TPSA) is 44.8 Å². The van der Waals surface area contributed by atoms with E-state index in [1.165, 1.54) is 7.11 Å². The Labute approximate surface area is 101 Å². The van der Waals surface area contributed by atoms with E-state index in [9.17, 15) is 4.79 Å². The standard InChI is InChI=1S/C13H18O4/c1-5-9(2)10-6-7-11(12(8-10)15-3)17-13(14)16-4/h6-9H,5H2,1-4H3. The summed E-state index contributed by atoms with van der Waals surface area (Å²) in [4.78, 5) is 11.0. The summed E-state index contributed by atoms with van der Waals surface area (Å²) in [6.07, 6.45) is 0.292. The molecule has 4 nitrogen and oxygen atoms in total. The fourth-order valence-electron chi connectivity index (χ4n) is 1.44. The molecule has 0 amide bonds. The summed E-state index contributed by atoms with van der Waals surface area (Å²) in [5, 5.41) is 0. The maximum absolute atomic E-state index is 11.0. The van der Waals surface area contributed by atoms with E-state index in [0.29, 0.717) is 17.4 Å². The maximum atomic E-state index is 11.0. The largest absolute Gasteiger partial charge is 0.513 e. The fourth-order valence-corrected chi connectivity index (χ4v) is 1.44. The molecule has 94 valence electrons. The van der Waals surface area contributed by atoms with Crippen LogP contribution in [0, 0.1) is 0 Å². The van der Waals surface area contributed by atoms with Crippen LogP contribution in [0.2, 0.25) is 0 Å². The van der Waals surface area contributed by atoms with Crippen molar-refractivity contribution in [2.45, 2.75) is 26.2 Å². The Kier molecular flexibility index (Phi) is 4.82. The second-order valence-electron chi connectivity index (χ2n) is 3.78. The minimum absolute atomic E-state index is 0.367. The lowest BCUT2D eigenvalue weighted by Crippen LogP contribution is -2.08. The molecule has 0 aromatic heterocycles. The monoisotopic (exact) mass is 238 g/mol. The van der Waals surface area contributed by atoms with Crippen LogP contribution in [-0.2, 0) is 4.74 Å². The number of methoxy groups -OCH3 is 2. The highest BCUT2D eigenvalue weighted by molar-refractivity contribution is 5.65. The van der Waals surface area contributed by atoms with Crippen LogP contribution in [-0.4, -0.2) is 20.4 Å².